The second kappa shape index (κ2) is 6.37. The molecule has 4 aliphatic heterocycles. The summed E-state index contributed by atoms with van der Waals surface area (Å²) in [5.74, 6) is 0.492. The van der Waals surface area contributed by atoms with E-state index in [4.69, 9.17) is 0 Å². The van der Waals surface area contributed by atoms with Gasteiger partial charge in [-0.1, -0.05) is 12.1 Å². The van der Waals surface area contributed by atoms with Gasteiger partial charge in [0.15, 0.2) is 0 Å². The van der Waals surface area contributed by atoms with Crippen molar-refractivity contribution < 1.29 is 9.18 Å². The van der Waals surface area contributed by atoms with Crippen LogP contribution in [0.15, 0.2) is 36.7 Å². The van der Waals surface area contributed by atoms with Crippen molar-refractivity contribution >= 4 is 5.91 Å². The highest BCUT2D eigenvalue weighted by molar-refractivity contribution is 5.92. The minimum absolute atomic E-state index is 0.0316. The number of carbonyl (C=O) groups excluding carboxylic acids is 1. The summed E-state index contributed by atoms with van der Waals surface area (Å²) in [7, 11) is 0. The lowest BCUT2D eigenvalue weighted by atomic mass is 9.75. The molecule has 1 amide bonds. The number of piperidine rings is 3. The quantitative estimate of drug-likeness (QED) is 0.820. The molecular formula is C21H23FN4O. The number of hydrogen-bond donors (Lipinski definition) is 0. The zero-order chi connectivity index (χ0) is 18.5. The van der Waals surface area contributed by atoms with Gasteiger partial charge in [0.05, 0.1) is 17.9 Å². The van der Waals surface area contributed by atoms with Crippen LogP contribution in [0, 0.1) is 18.7 Å². The number of nitrogens with zero attached hydrogens (tertiary/aromatic N) is 4. The monoisotopic (exact) mass is 366 g/mol. The third-order valence-electron chi connectivity index (χ3n) is 6.55. The van der Waals surface area contributed by atoms with Crippen molar-refractivity contribution in [3.8, 4) is 0 Å². The van der Waals surface area contributed by atoms with Crippen molar-refractivity contribution in [2.24, 2.45) is 5.92 Å². The Bertz CT molecular complexity index is 845. The summed E-state index contributed by atoms with van der Waals surface area (Å²) in [5.41, 5.74) is 2.33. The molecule has 6 heteroatoms. The lowest BCUT2D eigenvalue weighted by Crippen LogP contribution is -2.60. The predicted octanol–water partition coefficient (Wildman–Crippen LogP) is 2.63. The summed E-state index contributed by atoms with van der Waals surface area (Å²) < 4.78 is 13.4. The Morgan fingerprint density at radius 1 is 1.07 bits per heavy atom. The summed E-state index contributed by atoms with van der Waals surface area (Å²) in [6.45, 7) is 4.71. The average molecular weight is 366 g/mol. The van der Waals surface area contributed by atoms with Crippen LogP contribution in [-0.2, 0) is 0 Å². The van der Waals surface area contributed by atoms with Gasteiger partial charge in [0.1, 0.15) is 11.5 Å². The Kier molecular flexibility index (Phi) is 3.97. The van der Waals surface area contributed by atoms with Crippen LogP contribution in [0.4, 0.5) is 4.39 Å². The van der Waals surface area contributed by atoms with Crippen LogP contribution in [0.25, 0.3) is 0 Å². The first-order valence-electron chi connectivity index (χ1n) is 9.71. The number of likely N-dealkylation sites (tertiary alicyclic amines) is 1. The fourth-order valence-electron chi connectivity index (χ4n) is 5.31. The van der Waals surface area contributed by atoms with E-state index in [0.717, 1.165) is 37.2 Å². The normalized spacial score (nSPS) is 31.8. The first-order valence-corrected chi connectivity index (χ1v) is 9.71. The molecule has 1 aromatic carbocycles. The first-order chi connectivity index (χ1) is 13.1. The maximum Gasteiger partial charge on any atom is 0.274 e. The lowest BCUT2D eigenvalue weighted by molar-refractivity contribution is -0.00359. The fourth-order valence-corrected chi connectivity index (χ4v) is 5.31. The topological polar surface area (TPSA) is 49.3 Å². The molecule has 27 heavy (non-hydrogen) atoms. The number of amides is 1. The van der Waals surface area contributed by atoms with Crippen molar-refractivity contribution in [2.75, 3.05) is 19.6 Å². The maximum absolute atomic E-state index is 13.4. The summed E-state index contributed by atoms with van der Waals surface area (Å²) in [6, 6.07) is 7.32. The number of benzene rings is 1. The summed E-state index contributed by atoms with van der Waals surface area (Å²) >= 11 is 0. The molecule has 3 atom stereocenters. The molecule has 0 radical (unpaired) electrons. The summed E-state index contributed by atoms with van der Waals surface area (Å²) in [5, 5.41) is 0. The molecule has 4 aliphatic rings. The van der Waals surface area contributed by atoms with Crippen LogP contribution in [0.1, 0.15) is 40.5 Å². The molecule has 0 N–H and O–H groups in total. The molecule has 0 saturated carbocycles. The van der Waals surface area contributed by atoms with Crippen molar-refractivity contribution in [3.63, 3.8) is 0 Å². The minimum Gasteiger partial charge on any atom is -0.332 e. The van der Waals surface area contributed by atoms with Crippen molar-refractivity contribution in [3.05, 3.63) is 59.4 Å². The minimum atomic E-state index is -0.221. The van der Waals surface area contributed by atoms with Gasteiger partial charge >= 0.3 is 0 Å². The van der Waals surface area contributed by atoms with E-state index >= 15 is 0 Å². The van der Waals surface area contributed by atoms with E-state index in [1.165, 1.54) is 12.1 Å². The smallest absolute Gasteiger partial charge is 0.274 e. The maximum atomic E-state index is 13.4. The zero-order valence-corrected chi connectivity index (χ0v) is 15.4. The Labute approximate surface area is 158 Å². The fraction of sp³-hybridized carbons (Fsp3) is 0.476. The second-order valence-electron chi connectivity index (χ2n) is 8.01. The number of aromatic nitrogens is 2. The van der Waals surface area contributed by atoms with Crippen molar-refractivity contribution in [1.82, 2.24) is 19.8 Å². The molecule has 0 aliphatic carbocycles. The van der Waals surface area contributed by atoms with Crippen LogP contribution in [0.2, 0.25) is 0 Å². The Morgan fingerprint density at radius 3 is 2.48 bits per heavy atom. The van der Waals surface area contributed by atoms with E-state index in [9.17, 15) is 9.18 Å². The average Bonchev–Trinajstić information content (AvgIpc) is 3.12. The molecule has 4 saturated heterocycles. The molecule has 0 spiro atoms. The first kappa shape index (κ1) is 16.8. The number of rotatable bonds is 2. The number of carbonyl (C=O) groups is 1. The highest BCUT2D eigenvalue weighted by atomic mass is 19.1. The van der Waals surface area contributed by atoms with Crippen LogP contribution < -0.4 is 0 Å². The summed E-state index contributed by atoms with van der Waals surface area (Å²) in [6.07, 6.45) is 5.51. The molecule has 4 fully saturated rings. The van der Waals surface area contributed by atoms with Crippen LogP contribution in [-0.4, -0.2) is 57.4 Å². The van der Waals surface area contributed by atoms with Gasteiger partial charge < -0.3 is 4.90 Å². The Balaban J connectivity index is 1.51. The Hall–Kier alpha value is -2.34. The van der Waals surface area contributed by atoms with Crippen LogP contribution in [0.5, 0.6) is 0 Å². The number of hydrogen-bond acceptors (Lipinski definition) is 4. The van der Waals surface area contributed by atoms with Gasteiger partial charge in [-0.3, -0.25) is 14.7 Å². The molecule has 2 aromatic rings. The van der Waals surface area contributed by atoms with Gasteiger partial charge in [0, 0.05) is 24.7 Å². The van der Waals surface area contributed by atoms with E-state index < -0.39 is 0 Å². The predicted molar refractivity (Wildman–Crippen MR) is 98.8 cm³/mol. The summed E-state index contributed by atoms with van der Waals surface area (Å²) in [4.78, 5) is 26.4. The van der Waals surface area contributed by atoms with Gasteiger partial charge in [-0.2, -0.15) is 0 Å². The van der Waals surface area contributed by atoms with Gasteiger partial charge in [-0.05, 0) is 56.5 Å². The highest BCUT2D eigenvalue weighted by Gasteiger charge is 2.54. The molecule has 140 valence electrons. The molecule has 6 rings (SSSR count). The molecule has 5 heterocycles. The third-order valence-corrected chi connectivity index (χ3v) is 6.55. The van der Waals surface area contributed by atoms with Gasteiger partial charge in [-0.25, -0.2) is 9.37 Å². The molecule has 0 unspecified atom stereocenters. The standard InChI is InChI=1S/C21H23FN4O/c1-13-10-24-18(11-23-13)21(27)26-12-17(14-2-4-16(22)5-3-14)20-19(26)15-6-8-25(20)9-7-15/h2-5,10-11,15,17,19-20H,6-9,12H2,1H3/t17-,19+,20+/m0/s1. The van der Waals surface area contributed by atoms with Crippen molar-refractivity contribution in [2.45, 2.75) is 37.8 Å². The van der Waals surface area contributed by atoms with E-state index in [-0.39, 0.29) is 23.7 Å². The largest absolute Gasteiger partial charge is 0.332 e. The van der Waals surface area contributed by atoms with Gasteiger partial charge in [0.2, 0.25) is 0 Å². The lowest BCUT2D eigenvalue weighted by Gasteiger charge is -2.51. The van der Waals surface area contributed by atoms with Crippen molar-refractivity contribution in [1.29, 1.82) is 0 Å². The second-order valence-corrected chi connectivity index (χ2v) is 8.01. The van der Waals surface area contributed by atoms with Gasteiger partial charge in [-0.15, -0.1) is 0 Å². The van der Waals surface area contributed by atoms with E-state index in [2.05, 4.69) is 14.9 Å². The molecule has 5 nitrogen and oxygen atoms in total. The molecule has 2 bridgehead atoms. The SMILES string of the molecule is Cc1cnc(C(=O)N2C[C@@H](c3ccc(F)cc3)[C@@H]3[C@H]2C2CCN3CC2)cn1. The highest BCUT2D eigenvalue weighted by Crippen LogP contribution is 2.46. The Morgan fingerprint density at radius 2 is 1.81 bits per heavy atom. The van der Waals surface area contributed by atoms with Crippen LogP contribution in [0.3, 0.4) is 0 Å². The van der Waals surface area contributed by atoms with E-state index in [0.29, 0.717) is 24.2 Å². The van der Waals surface area contributed by atoms with E-state index in [1.54, 1.807) is 12.4 Å². The molecule has 1 aromatic heterocycles. The van der Waals surface area contributed by atoms with Gasteiger partial charge in [0.25, 0.3) is 5.91 Å². The number of aryl methyl sites for hydroxylation is 1. The number of fused-ring (bicyclic) bond motifs is 2. The number of halogens is 1. The molecular weight excluding hydrogens is 343 g/mol. The van der Waals surface area contributed by atoms with Crippen LogP contribution >= 0.6 is 0 Å². The third kappa shape index (κ3) is 2.74. The zero-order valence-electron chi connectivity index (χ0n) is 15.4. The van der Waals surface area contributed by atoms with E-state index in [1.807, 2.05) is 24.0 Å².